The summed E-state index contributed by atoms with van der Waals surface area (Å²) in [5, 5.41) is 10.3. The molecule has 1 aliphatic heterocycles. The van der Waals surface area contributed by atoms with Crippen LogP contribution in [0.25, 0.3) is 0 Å². The second kappa shape index (κ2) is 9.09. The second-order valence-corrected chi connectivity index (χ2v) is 6.68. The van der Waals surface area contributed by atoms with Gasteiger partial charge in [-0.25, -0.2) is 5.43 Å². The van der Waals surface area contributed by atoms with E-state index in [1.165, 1.54) is 5.56 Å². The van der Waals surface area contributed by atoms with Crippen molar-refractivity contribution in [3.05, 3.63) is 65.7 Å². The highest BCUT2D eigenvalue weighted by Gasteiger charge is 2.21. The summed E-state index contributed by atoms with van der Waals surface area (Å²) in [6.07, 6.45) is 0.845. The van der Waals surface area contributed by atoms with Crippen LogP contribution in [0.4, 0.5) is 5.69 Å². The number of hydrogen-bond acceptors (Lipinski definition) is 4. The minimum atomic E-state index is -0.0593. The van der Waals surface area contributed by atoms with Gasteiger partial charge >= 0.3 is 0 Å². The molecule has 0 aliphatic carbocycles. The number of amides is 2. The SMILES string of the molecule is CC1CC(=O)NN=C1c1ccc(NC(=O)CCNCc2ccccc2)cc1. The highest BCUT2D eigenvalue weighted by atomic mass is 16.2. The first-order chi connectivity index (χ1) is 13.1. The summed E-state index contributed by atoms with van der Waals surface area (Å²) >= 11 is 0. The Balaban J connectivity index is 1.45. The van der Waals surface area contributed by atoms with Crippen LogP contribution >= 0.6 is 0 Å². The molecule has 27 heavy (non-hydrogen) atoms. The molecule has 1 aliphatic rings. The summed E-state index contributed by atoms with van der Waals surface area (Å²) in [5.41, 5.74) is 6.28. The number of carbonyl (C=O) groups excluding carboxylic acids is 2. The molecule has 2 aromatic rings. The number of anilines is 1. The van der Waals surface area contributed by atoms with Crippen LogP contribution < -0.4 is 16.1 Å². The Morgan fingerprint density at radius 3 is 2.59 bits per heavy atom. The first-order valence-corrected chi connectivity index (χ1v) is 9.13. The highest BCUT2D eigenvalue weighted by Crippen LogP contribution is 2.18. The third-order valence-electron chi connectivity index (χ3n) is 4.42. The van der Waals surface area contributed by atoms with E-state index >= 15 is 0 Å². The van der Waals surface area contributed by atoms with Crippen LogP contribution in [0.5, 0.6) is 0 Å². The minimum absolute atomic E-state index is 0.0287. The summed E-state index contributed by atoms with van der Waals surface area (Å²) in [6, 6.07) is 17.6. The van der Waals surface area contributed by atoms with E-state index in [4.69, 9.17) is 0 Å². The standard InChI is InChI=1S/C21H24N4O2/c1-15-13-20(27)24-25-21(15)17-7-9-18(10-8-17)23-19(26)11-12-22-14-16-5-3-2-4-6-16/h2-10,15,22H,11-14H2,1H3,(H,23,26)(H,24,27). The number of nitrogens with zero attached hydrogens (tertiary/aromatic N) is 1. The van der Waals surface area contributed by atoms with E-state index in [-0.39, 0.29) is 17.7 Å². The third kappa shape index (κ3) is 5.49. The van der Waals surface area contributed by atoms with E-state index < -0.39 is 0 Å². The molecular weight excluding hydrogens is 340 g/mol. The molecule has 140 valence electrons. The monoisotopic (exact) mass is 364 g/mol. The molecule has 6 heteroatoms. The van der Waals surface area contributed by atoms with Gasteiger partial charge in [0.2, 0.25) is 11.8 Å². The fourth-order valence-electron chi connectivity index (χ4n) is 2.98. The number of nitrogens with one attached hydrogen (secondary N) is 3. The molecule has 0 fully saturated rings. The topological polar surface area (TPSA) is 82.6 Å². The van der Waals surface area contributed by atoms with Gasteiger partial charge in [0, 0.05) is 37.5 Å². The number of hydrazone groups is 1. The average Bonchev–Trinajstić information content (AvgIpc) is 2.67. The normalized spacial score (nSPS) is 16.4. The fraction of sp³-hybridized carbons (Fsp3) is 0.286. The van der Waals surface area contributed by atoms with E-state index in [9.17, 15) is 9.59 Å². The van der Waals surface area contributed by atoms with Gasteiger partial charge in [-0.15, -0.1) is 0 Å². The van der Waals surface area contributed by atoms with Crippen LogP contribution in [-0.4, -0.2) is 24.1 Å². The lowest BCUT2D eigenvalue weighted by atomic mass is 9.94. The highest BCUT2D eigenvalue weighted by molar-refractivity contribution is 6.06. The molecular formula is C21H24N4O2. The molecule has 0 radical (unpaired) electrons. The smallest absolute Gasteiger partial charge is 0.240 e. The maximum Gasteiger partial charge on any atom is 0.240 e. The van der Waals surface area contributed by atoms with Crippen molar-refractivity contribution in [1.82, 2.24) is 10.7 Å². The second-order valence-electron chi connectivity index (χ2n) is 6.68. The van der Waals surface area contributed by atoms with Gasteiger partial charge in [-0.3, -0.25) is 9.59 Å². The van der Waals surface area contributed by atoms with Gasteiger partial charge in [-0.1, -0.05) is 49.4 Å². The molecule has 2 aromatic carbocycles. The van der Waals surface area contributed by atoms with E-state index in [2.05, 4.69) is 33.3 Å². The van der Waals surface area contributed by atoms with E-state index in [0.29, 0.717) is 19.4 Å². The van der Waals surface area contributed by atoms with Crippen molar-refractivity contribution < 1.29 is 9.59 Å². The molecule has 0 aromatic heterocycles. The van der Waals surface area contributed by atoms with Crippen LogP contribution in [0.3, 0.4) is 0 Å². The number of rotatable bonds is 7. The summed E-state index contributed by atoms with van der Waals surface area (Å²) in [5.74, 6) is -0.00941. The Hall–Kier alpha value is -2.99. The molecule has 0 saturated carbocycles. The predicted octanol–water partition coefficient (Wildman–Crippen LogP) is 2.67. The average molecular weight is 364 g/mol. The zero-order chi connectivity index (χ0) is 19.1. The Morgan fingerprint density at radius 1 is 1.15 bits per heavy atom. The van der Waals surface area contributed by atoms with Crippen LogP contribution in [0, 0.1) is 5.92 Å². The van der Waals surface area contributed by atoms with Crippen molar-refractivity contribution in [1.29, 1.82) is 0 Å². The quantitative estimate of drug-likeness (QED) is 0.661. The van der Waals surface area contributed by atoms with Gasteiger partial charge in [0.05, 0.1) is 5.71 Å². The van der Waals surface area contributed by atoms with Gasteiger partial charge in [0.15, 0.2) is 0 Å². The van der Waals surface area contributed by atoms with Crippen LogP contribution in [-0.2, 0) is 16.1 Å². The van der Waals surface area contributed by atoms with Gasteiger partial charge in [-0.2, -0.15) is 5.10 Å². The van der Waals surface area contributed by atoms with E-state index in [0.717, 1.165) is 23.5 Å². The Morgan fingerprint density at radius 2 is 1.89 bits per heavy atom. The van der Waals surface area contributed by atoms with Crippen molar-refractivity contribution >= 4 is 23.2 Å². The maximum atomic E-state index is 12.1. The van der Waals surface area contributed by atoms with Gasteiger partial charge in [-0.05, 0) is 23.3 Å². The summed E-state index contributed by atoms with van der Waals surface area (Å²) < 4.78 is 0. The summed E-state index contributed by atoms with van der Waals surface area (Å²) in [6.45, 7) is 3.35. The van der Waals surface area contributed by atoms with E-state index in [1.54, 1.807) is 0 Å². The predicted molar refractivity (Wildman–Crippen MR) is 106 cm³/mol. The number of benzene rings is 2. The van der Waals surface area contributed by atoms with Crippen molar-refractivity contribution in [2.45, 2.75) is 26.3 Å². The molecule has 1 unspecified atom stereocenters. The Kier molecular flexibility index (Phi) is 6.33. The molecule has 3 rings (SSSR count). The lowest BCUT2D eigenvalue weighted by Gasteiger charge is -2.19. The zero-order valence-electron chi connectivity index (χ0n) is 15.4. The van der Waals surface area contributed by atoms with Crippen LogP contribution in [0.2, 0.25) is 0 Å². The first-order valence-electron chi connectivity index (χ1n) is 9.13. The van der Waals surface area contributed by atoms with Crippen molar-refractivity contribution in [3.63, 3.8) is 0 Å². The molecule has 0 saturated heterocycles. The molecule has 3 N–H and O–H groups in total. The maximum absolute atomic E-state index is 12.1. The largest absolute Gasteiger partial charge is 0.326 e. The zero-order valence-corrected chi connectivity index (χ0v) is 15.4. The van der Waals surface area contributed by atoms with Crippen LogP contribution in [0.15, 0.2) is 59.7 Å². The molecule has 2 amide bonds. The fourth-order valence-corrected chi connectivity index (χ4v) is 2.98. The van der Waals surface area contributed by atoms with Gasteiger partial charge in [0.25, 0.3) is 0 Å². The molecule has 1 atom stereocenters. The lowest BCUT2D eigenvalue weighted by molar-refractivity contribution is -0.122. The van der Waals surface area contributed by atoms with Crippen molar-refractivity contribution in [2.75, 3.05) is 11.9 Å². The van der Waals surface area contributed by atoms with Crippen LogP contribution in [0.1, 0.15) is 30.9 Å². The molecule has 0 spiro atoms. The van der Waals surface area contributed by atoms with Gasteiger partial charge in [0.1, 0.15) is 0 Å². The minimum Gasteiger partial charge on any atom is -0.326 e. The number of hydrogen-bond donors (Lipinski definition) is 3. The van der Waals surface area contributed by atoms with Crippen molar-refractivity contribution in [3.8, 4) is 0 Å². The van der Waals surface area contributed by atoms with E-state index in [1.807, 2.05) is 49.4 Å². The summed E-state index contributed by atoms with van der Waals surface area (Å²) in [4.78, 5) is 23.4. The van der Waals surface area contributed by atoms with Crippen molar-refractivity contribution in [2.24, 2.45) is 11.0 Å². The molecule has 6 nitrogen and oxygen atoms in total. The Labute approximate surface area is 159 Å². The summed E-state index contributed by atoms with van der Waals surface area (Å²) in [7, 11) is 0. The molecule has 1 heterocycles. The van der Waals surface area contributed by atoms with Gasteiger partial charge < -0.3 is 10.6 Å². The Bertz CT molecular complexity index is 816. The lowest BCUT2D eigenvalue weighted by Crippen LogP contribution is -2.31. The number of carbonyl (C=O) groups is 2. The molecule has 0 bridgehead atoms. The third-order valence-corrected chi connectivity index (χ3v) is 4.42. The first kappa shape index (κ1) is 18.8.